The van der Waals surface area contributed by atoms with Crippen molar-refractivity contribution in [1.29, 1.82) is 0 Å². The Morgan fingerprint density at radius 2 is 2.21 bits per heavy atom. The molecule has 1 aliphatic rings. The van der Waals surface area contributed by atoms with Crippen LogP contribution < -0.4 is 10.2 Å². The monoisotopic (exact) mass is 410 g/mol. The van der Waals surface area contributed by atoms with Gasteiger partial charge in [-0.3, -0.25) is 9.59 Å². The van der Waals surface area contributed by atoms with Crippen molar-refractivity contribution in [2.45, 2.75) is 13.0 Å². The fraction of sp³-hybridized carbons (Fsp3) is 0.263. The predicted molar refractivity (Wildman–Crippen MR) is 111 cm³/mol. The molecule has 0 spiro atoms. The summed E-state index contributed by atoms with van der Waals surface area (Å²) in [5, 5.41) is 3.99. The number of nitrogens with zero attached hydrogens (tertiary/aromatic N) is 3. The number of aromatic nitrogens is 4. The van der Waals surface area contributed by atoms with E-state index >= 15 is 0 Å². The number of thiazole rings is 1. The third kappa shape index (κ3) is 3.26. The lowest BCUT2D eigenvalue weighted by atomic mass is 10.2. The van der Waals surface area contributed by atoms with Crippen molar-refractivity contribution in [2.75, 3.05) is 25.1 Å². The highest BCUT2D eigenvalue weighted by atomic mass is 32.1. The molecule has 0 aliphatic carbocycles. The Morgan fingerprint density at radius 3 is 3.07 bits per heavy atom. The Morgan fingerprint density at radius 1 is 1.31 bits per heavy atom. The van der Waals surface area contributed by atoms with Gasteiger partial charge in [0.15, 0.2) is 0 Å². The molecule has 10 heteroatoms. The summed E-state index contributed by atoms with van der Waals surface area (Å²) in [5.41, 5.74) is 2.65. The van der Waals surface area contributed by atoms with Gasteiger partial charge in [-0.05, 0) is 31.2 Å². The van der Waals surface area contributed by atoms with Gasteiger partial charge >= 0.3 is 4.87 Å². The lowest BCUT2D eigenvalue weighted by Gasteiger charge is -2.32. The van der Waals surface area contributed by atoms with Gasteiger partial charge < -0.3 is 24.9 Å². The van der Waals surface area contributed by atoms with Crippen molar-refractivity contribution in [3.63, 3.8) is 0 Å². The first kappa shape index (κ1) is 17.8. The highest BCUT2D eigenvalue weighted by Crippen LogP contribution is 2.27. The summed E-state index contributed by atoms with van der Waals surface area (Å²) >= 11 is 1.15. The van der Waals surface area contributed by atoms with E-state index in [1.165, 1.54) is 6.33 Å². The summed E-state index contributed by atoms with van der Waals surface area (Å²) in [6.45, 7) is 3.60. The molecule has 148 valence electrons. The van der Waals surface area contributed by atoms with E-state index in [-0.39, 0.29) is 16.8 Å². The first-order chi connectivity index (χ1) is 14.1. The van der Waals surface area contributed by atoms with Crippen LogP contribution in [0.4, 0.5) is 11.5 Å². The Bertz CT molecular complexity index is 1280. The van der Waals surface area contributed by atoms with Crippen molar-refractivity contribution in [2.24, 2.45) is 0 Å². The zero-order chi connectivity index (χ0) is 20.0. The summed E-state index contributed by atoms with van der Waals surface area (Å²) in [6, 6.07) is 7.40. The molecule has 1 amide bonds. The van der Waals surface area contributed by atoms with Crippen molar-refractivity contribution < 1.29 is 9.53 Å². The standard InChI is InChI=1S/C19H18N6O3S/c1-10-8-28-5-4-25(10)18(26)14-7-12-16(20-9-21-17(12)23-14)22-11-2-3-13-15(6-11)29-19(27)24-13/h2-3,6-7,9-10H,4-5,8H2,1H3,(H,24,27)(H2,20,21,22,23)/t10-/m1/s1. The number of morpholine rings is 1. The summed E-state index contributed by atoms with van der Waals surface area (Å²) in [5.74, 6) is 0.505. The van der Waals surface area contributed by atoms with Crippen LogP contribution in [-0.4, -0.2) is 56.5 Å². The number of aromatic amines is 2. The maximum Gasteiger partial charge on any atom is 0.305 e. The third-order valence-corrected chi connectivity index (χ3v) is 5.81. The second-order valence-electron chi connectivity index (χ2n) is 6.94. The van der Waals surface area contributed by atoms with Crippen molar-refractivity contribution >= 4 is 50.0 Å². The van der Waals surface area contributed by atoms with E-state index in [1.54, 1.807) is 11.0 Å². The first-order valence-corrected chi connectivity index (χ1v) is 10.0. The minimum atomic E-state index is -0.0901. The molecule has 0 bridgehead atoms. The van der Waals surface area contributed by atoms with E-state index in [4.69, 9.17) is 4.74 Å². The highest BCUT2D eigenvalue weighted by Gasteiger charge is 2.26. The summed E-state index contributed by atoms with van der Waals surface area (Å²) < 4.78 is 6.28. The van der Waals surface area contributed by atoms with Crippen LogP contribution >= 0.6 is 11.3 Å². The topological polar surface area (TPSA) is 116 Å². The summed E-state index contributed by atoms with van der Waals surface area (Å²) in [4.78, 5) is 40.7. The molecule has 5 rings (SSSR count). The summed E-state index contributed by atoms with van der Waals surface area (Å²) in [7, 11) is 0. The van der Waals surface area contributed by atoms with Crippen molar-refractivity contribution in [1.82, 2.24) is 24.8 Å². The molecular weight excluding hydrogens is 392 g/mol. The zero-order valence-electron chi connectivity index (χ0n) is 15.6. The highest BCUT2D eigenvalue weighted by molar-refractivity contribution is 7.16. The van der Waals surface area contributed by atoms with E-state index in [1.807, 2.05) is 25.1 Å². The van der Waals surface area contributed by atoms with Gasteiger partial charge in [-0.2, -0.15) is 0 Å². The van der Waals surface area contributed by atoms with Crippen LogP contribution in [-0.2, 0) is 4.74 Å². The average Bonchev–Trinajstić information content (AvgIpc) is 3.31. The van der Waals surface area contributed by atoms with Crippen LogP contribution in [0.1, 0.15) is 17.4 Å². The molecular formula is C19H18N6O3S. The van der Waals surface area contributed by atoms with Crippen LogP contribution in [0.15, 0.2) is 35.4 Å². The number of ether oxygens (including phenoxy) is 1. The van der Waals surface area contributed by atoms with E-state index in [0.29, 0.717) is 36.9 Å². The Balaban J connectivity index is 1.48. The van der Waals surface area contributed by atoms with Gasteiger partial charge in [-0.1, -0.05) is 11.3 Å². The normalized spacial score (nSPS) is 17.1. The summed E-state index contributed by atoms with van der Waals surface area (Å²) in [6.07, 6.45) is 1.44. The number of fused-ring (bicyclic) bond motifs is 2. The number of rotatable bonds is 3. The van der Waals surface area contributed by atoms with Crippen LogP contribution in [0.25, 0.3) is 21.3 Å². The fourth-order valence-electron chi connectivity index (χ4n) is 3.50. The number of benzene rings is 1. The van der Waals surface area contributed by atoms with E-state index in [0.717, 1.165) is 32.6 Å². The second-order valence-corrected chi connectivity index (χ2v) is 7.96. The number of hydrogen-bond donors (Lipinski definition) is 3. The number of carbonyl (C=O) groups excluding carboxylic acids is 1. The molecule has 0 saturated carbocycles. The molecule has 4 aromatic rings. The van der Waals surface area contributed by atoms with Crippen molar-refractivity contribution in [3.8, 4) is 0 Å². The number of carbonyl (C=O) groups is 1. The Kier molecular flexibility index (Phi) is 4.29. The predicted octanol–water partition coefficient (Wildman–Crippen LogP) is 2.47. The number of nitrogens with one attached hydrogen (secondary N) is 3. The number of anilines is 2. The van der Waals surface area contributed by atoms with E-state index < -0.39 is 0 Å². The van der Waals surface area contributed by atoms with Gasteiger partial charge in [-0.25, -0.2) is 9.97 Å². The smallest absolute Gasteiger partial charge is 0.305 e. The molecule has 1 aromatic carbocycles. The number of H-pyrrole nitrogens is 2. The molecule has 9 nitrogen and oxygen atoms in total. The van der Waals surface area contributed by atoms with Gasteiger partial charge in [0.25, 0.3) is 5.91 Å². The van der Waals surface area contributed by atoms with Gasteiger partial charge in [-0.15, -0.1) is 0 Å². The number of amides is 1. The third-order valence-electron chi connectivity index (χ3n) is 4.97. The van der Waals surface area contributed by atoms with Gasteiger partial charge in [0, 0.05) is 12.2 Å². The second kappa shape index (κ2) is 6.98. The largest absolute Gasteiger partial charge is 0.377 e. The lowest BCUT2D eigenvalue weighted by molar-refractivity contribution is 0.00332. The molecule has 1 fully saturated rings. The SMILES string of the molecule is C[C@@H]1COCCN1C(=O)c1cc2c(Nc3ccc4[nH]c(=O)sc4c3)ncnc2[nH]1. The van der Waals surface area contributed by atoms with Crippen LogP contribution in [0, 0.1) is 0 Å². The lowest BCUT2D eigenvalue weighted by Crippen LogP contribution is -2.47. The number of hydrogen-bond acceptors (Lipinski definition) is 7. The maximum atomic E-state index is 12.9. The van der Waals surface area contributed by atoms with Crippen molar-refractivity contribution in [3.05, 3.63) is 46.0 Å². The molecule has 29 heavy (non-hydrogen) atoms. The minimum Gasteiger partial charge on any atom is -0.377 e. The molecule has 1 aliphatic heterocycles. The molecule has 0 radical (unpaired) electrons. The molecule has 4 heterocycles. The average molecular weight is 410 g/mol. The van der Waals surface area contributed by atoms with E-state index in [2.05, 4.69) is 25.3 Å². The quantitative estimate of drug-likeness (QED) is 0.478. The fourth-order valence-corrected chi connectivity index (χ4v) is 4.27. The van der Waals surface area contributed by atoms with E-state index in [9.17, 15) is 9.59 Å². The Labute approximate surface area is 168 Å². The maximum absolute atomic E-state index is 12.9. The molecule has 3 N–H and O–H groups in total. The van der Waals surface area contributed by atoms with Gasteiger partial charge in [0.1, 0.15) is 23.5 Å². The van der Waals surface area contributed by atoms with Crippen LogP contribution in [0.3, 0.4) is 0 Å². The molecule has 1 atom stereocenters. The first-order valence-electron chi connectivity index (χ1n) is 9.21. The van der Waals surface area contributed by atoms with Gasteiger partial charge in [0.05, 0.1) is 34.9 Å². The molecule has 3 aromatic heterocycles. The molecule has 0 unspecified atom stereocenters. The zero-order valence-corrected chi connectivity index (χ0v) is 16.4. The van der Waals surface area contributed by atoms with Crippen LogP contribution in [0.5, 0.6) is 0 Å². The Hall–Kier alpha value is -3.24. The van der Waals surface area contributed by atoms with Gasteiger partial charge in [0.2, 0.25) is 0 Å². The minimum absolute atomic E-state index is 0.0200. The van der Waals surface area contributed by atoms with Crippen LogP contribution in [0.2, 0.25) is 0 Å². The molecule has 1 saturated heterocycles.